The van der Waals surface area contributed by atoms with Gasteiger partial charge in [0.2, 0.25) is 0 Å². The quantitative estimate of drug-likeness (QED) is 0.862. The van der Waals surface area contributed by atoms with E-state index in [9.17, 15) is 4.39 Å². The van der Waals surface area contributed by atoms with Gasteiger partial charge in [0.05, 0.1) is 19.8 Å². The van der Waals surface area contributed by atoms with Crippen LogP contribution < -0.4 is 0 Å². The number of hydrogen-bond donors (Lipinski definition) is 0. The molecule has 1 heterocycles. The Labute approximate surface area is 123 Å². The van der Waals surface area contributed by atoms with Crippen LogP contribution in [0.25, 0.3) is 0 Å². The smallest absolute Gasteiger partial charge is 0.186 e. The molecule has 4 heteroatoms. The molecule has 0 atom stereocenters. The molecule has 0 aliphatic carbocycles. The number of rotatable bonds is 4. The third-order valence-electron chi connectivity index (χ3n) is 3.35. The first-order valence-electron chi connectivity index (χ1n) is 6.96. The lowest BCUT2D eigenvalue weighted by Gasteiger charge is -2.29. The second-order valence-corrected chi connectivity index (χ2v) is 4.94. The van der Waals surface area contributed by atoms with Crippen LogP contribution >= 0.6 is 0 Å². The molecule has 1 saturated heterocycles. The molecule has 21 heavy (non-hydrogen) atoms. The van der Waals surface area contributed by atoms with Crippen molar-refractivity contribution in [2.75, 3.05) is 13.2 Å². The standard InChI is InChI=1S/C17H17FO3/c18-16-9-5-4-8-15(16)17-20-11-14(12-21-17)19-10-13-6-2-1-3-7-13/h1-9,14,17H,10-12H2/t14-,17+. The lowest BCUT2D eigenvalue weighted by Crippen LogP contribution is -2.33. The zero-order valence-corrected chi connectivity index (χ0v) is 11.6. The van der Waals surface area contributed by atoms with Crippen LogP contribution in [0.1, 0.15) is 17.4 Å². The third-order valence-corrected chi connectivity index (χ3v) is 3.35. The number of benzene rings is 2. The van der Waals surface area contributed by atoms with Gasteiger partial charge < -0.3 is 14.2 Å². The molecule has 3 rings (SSSR count). The van der Waals surface area contributed by atoms with Gasteiger partial charge in [-0.25, -0.2) is 4.39 Å². The molecule has 0 N–H and O–H groups in total. The molecule has 0 amide bonds. The Morgan fingerprint density at radius 3 is 2.33 bits per heavy atom. The van der Waals surface area contributed by atoms with Crippen LogP contribution in [0.3, 0.4) is 0 Å². The highest BCUT2D eigenvalue weighted by molar-refractivity contribution is 5.18. The Morgan fingerprint density at radius 1 is 0.952 bits per heavy atom. The van der Waals surface area contributed by atoms with Crippen LogP contribution in [-0.2, 0) is 20.8 Å². The van der Waals surface area contributed by atoms with Crippen molar-refractivity contribution in [1.82, 2.24) is 0 Å². The molecular formula is C17H17FO3. The van der Waals surface area contributed by atoms with E-state index < -0.39 is 6.29 Å². The van der Waals surface area contributed by atoms with Gasteiger partial charge in [-0.1, -0.05) is 48.5 Å². The van der Waals surface area contributed by atoms with Gasteiger partial charge in [-0.2, -0.15) is 0 Å². The summed E-state index contributed by atoms with van der Waals surface area (Å²) in [5.41, 5.74) is 1.53. The molecule has 0 saturated carbocycles. The second-order valence-electron chi connectivity index (χ2n) is 4.94. The summed E-state index contributed by atoms with van der Waals surface area (Å²) >= 11 is 0. The van der Waals surface area contributed by atoms with E-state index in [4.69, 9.17) is 14.2 Å². The molecule has 0 radical (unpaired) electrons. The topological polar surface area (TPSA) is 27.7 Å². The van der Waals surface area contributed by atoms with E-state index in [0.29, 0.717) is 25.4 Å². The molecule has 1 fully saturated rings. The molecule has 1 aliphatic rings. The number of hydrogen-bond acceptors (Lipinski definition) is 3. The molecule has 1 aliphatic heterocycles. The minimum absolute atomic E-state index is 0.131. The molecule has 3 nitrogen and oxygen atoms in total. The highest BCUT2D eigenvalue weighted by atomic mass is 19.1. The summed E-state index contributed by atoms with van der Waals surface area (Å²) in [6, 6.07) is 16.4. The third kappa shape index (κ3) is 3.67. The van der Waals surface area contributed by atoms with Crippen LogP contribution in [0.5, 0.6) is 0 Å². The summed E-state index contributed by atoms with van der Waals surface area (Å²) in [6.07, 6.45) is -0.781. The monoisotopic (exact) mass is 288 g/mol. The van der Waals surface area contributed by atoms with Crippen molar-refractivity contribution in [3.8, 4) is 0 Å². The fraction of sp³-hybridized carbons (Fsp3) is 0.294. The van der Waals surface area contributed by atoms with Crippen molar-refractivity contribution in [1.29, 1.82) is 0 Å². The van der Waals surface area contributed by atoms with Gasteiger partial charge in [-0.15, -0.1) is 0 Å². The molecule has 110 valence electrons. The summed E-state index contributed by atoms with van der Waals surface area (Å²) in [7, 11) is 0. The average Bonchev–Trinajstić information content (AvgIpc) is 2.55. The van der Waals surface area contributed by atoms with Crippen molar-refractivity contribution in [2.24, 2.45) is 0 Å². The maximum atomic E-state index is 13.6. The number of ether oxygens (including phenoxy) is 3. The second kappa shape index (κ2) is 6.80. The Kier molecular flexibility index (Phi) is 4.60. The van der Waals surface area contributed by atoms with Crippen LogP contribution in [0.2, 0.25) is 0 Å². The maximum Gasteiger partial charge on any atom is 0.186 e. The van der Waals surface area contributed by atoms with Crippen LogP contribution in [0, 0.1) is 5.82 Å². The van der Waals surface area contributed by atoms with Crippen molar-refractivity contribution in [2.45, 2.75) is 19.0 Å². The van der Waals surface area contributed by atoms with E-state index in [1.807, 2.05) is 30.3 Å². The van der Waals surface area contributed by atoms with E-state index in [0.717, 1.165) is 5.56 Å². The summed E-state index contributed by atoms with van der Waals surface area (Å²) in [4.78, 5) is 0. The summed E-state index contributed by atoms with van der Waals surface area (Å²) in [6.45, 7) is 1.31. The Balaban J connectivity index is 1.50. The largest absolute Gasteiger partial charge is 0.369 e. The van der Waals surface area contributed by atoms with Crippen molar-refractivity contribution < 1.29 is 18.6 Å². The van der Waals surface area contributed by atoms with Crippen molar-refractivity contribution >= 4 is 0 Å². The van der Waals surface area contributed by atoms with Crippen molar-refractivity contribution in [3.05, 3.63) is 71.5 Å². The first-order chi connectivity index (χ1) is 10.3. The number of halogens is 1. The normalized spacial score (nSPS) is 22.1. The predicted molar refractivity (Wildman–Crippen MR) is 76.1 cm³/mol. The lowest BCUT2D eigenvalue weighted by atomic mass is 10.2. The van der Waals surface area contributed by atoms with Gasteiger partial charge in [-0.05, 0) is 11.6 Å². The van der Waals surface area contributed by atoms with E-state index >= 15 is 0 Å². The predicted octanol–water partition coefficient (Wildman–Crippen LogP) is 3.46. The first kappa shape index (κ1) is 14.2. The minimum Gasteiger partial charge on any atom is -0.369 e. The van der Waals surface area contributed by atoms with Crippen molar-refractivity contribution in [3.63, 3.8) is 0 Å². The fourth-order valence-corrected chi connectivity index (χ4v) is 2.22. The average molecular weight is 288 g/mol. The Morgan fingerprint density at radius 2 is 1.62 bits per heavy atom. The minimum atomic E-state index is -0.650. The summed E-state index contributed by atoms with van der Waals surface area (Å²) in [5, 5.41) is 0. The van der Waals surface area contributed by atoms with Gasteiger partial charge in [-0.3, -0.25) is 0 Å². The van der Waals surface area contributed by atoms with Gasteiger partial charge in [0.15, 0.2) is 6.29 Å². The zero-order valence-electron chi connectivity index (χ0n) is 11.6. The van der Waals surface area contributed by atoms with E-state index in [1.54, 1.807) is 18.2 Å². The summed E-state index contributed by atoms with van der Waals surface area (Å²) in [5.74, 6) is -0.314. The van der Waals surface area contributed by atoms with E-state index in [1.165, 1.54) is 6.07 Å². The van der Waals surface area contributed by atoms with Gasteiger partial charge in [0.1, 0.15) is 11.9 Å². The van der Waals surface area contributed by atoms with Gasteiger partial charge >= 0.3 is 0 Å². The summed E-state index contributed by atoms with van der Waals surface area (Å²) < 4.78 is 30.5. The Bertz CT molecular complexity index is 565. The molecule has 0 unspecified atom stereocenters. The van der Waals surface area contributed by atoms with Gasteiger partial charge in [0.25, 0.3) is 0 Å². The molecular weight excluding hydrogens is 271 g/mol. The Hall–Kier alpha value is -1.75. The molecule has 2 aromatic carbocycles. The van der Waals surface area contributed by atoms with Crippen LogP contribution in [0.4, 0.5) is 4.39 Å². The van der Waals surface area contributed by atoms with Crippen LogP contribution in [0.15, 0.2) is 54.6 Å². The SMILES string of the molecule is Fc1ccccc1[C@H]1OC[C@@H](OCc2ccccc2)CO1. The molecule has 2 aromatic rings. The lowest BCUT2D eigenvalue weighted by molar-refractivity contribution is -0.233. The van der Waals surface area contributed by atoms with Crippen LogP contribution in [-0.4, -0.2) is 19.3 Å². The highest BCUT2D eigenvalue weighted by Crippen LogP contribution is 2.26. The fourth-order valence-electron chi connectivity index (χ4n) is 2.22. The molecule has 0 bridgehead atoms. The maximum absolute atomic E-state index is 13.6. The highest BCUT2D eigenvalue weighted by Gasteiger charge is 2.25. The van der Waals surface area contributed by atoms with E-state index in [2.05, 4.69) is 0 Å². The molecule has 0 aromatic heterocycles. The first-order valence-corrected chi connectivity index (χ1v) is 6.96. The van der Waals surface area contributed by atoms with Gasteiger partial charge in [0, 0.05) is 5.56 Å². The molecule has 0 spiro atoms. The zero-order chi connectivity index (χ0) is 14.5. The van der Waals surface area contributed by atoms with E-state index in [-0.39, 0.29) is 11.9 Å².